The third-order valence-corrected chi connectivity index (χ3v) is 3.43. The fourth-order valence-electron chi connectivity index (χ4n) is 2.04. The zero-order chi connectivity index (χ0) is 18.0. The monoisotopic (exact) mass is 332 g/mol. The maximum absolute atomic E-state index is 12.6. The lowest BCUT2D eigenvalue weighted by Gasteiger charge is -2.12. The maximum Gasteiger partial charge on any atom is 0.360 e. The summed E-state index contributed by atoms with van der Waals surface area (Å²) in [6, 6.07) is 1.58. The Labute approximate surface area is 139 Å². The number of amides is 1. The van der Waals surface area contributed by atoms with Crippen LogP contribution in [0.15, 0.2) is 6.07 Å². The van der Waals surface area contributed by atoms with Gasteiger partial charge in [-0.3, -0.25) is 9.48 Å². The summed E-state index contributed by atoms with van der Waals surface area (Å²) in [7, 11) is 6.51. The van der Waals surface area contributed by atoms with Crippen LogP contribution in [0.4, 0.5) is 11.6 Å². The number of rotatable bonds is 4. The zero-order valence-corrected chi connectivity index (χ0v) is 14.5. The Balaban J connectivity index is 2.39. The first-order valence-corrected chi connectivity index (χ1v) is 7.20. The van der Waals surface area contributed by atoms with Gasteiger partial charge in [-0.25, -0.2) is 14.8 Å². The van der Waals surface area contributed by atoms with Crippen LogP contribution in [-0.2, 0) is 11.8 Å². The highest BCUT2D eigenvalue weighted by Gasteiger charge is 2.23. The summed E-state index contributed by atoms with van der Waals surface area (Å²) < 4.78 is 6.20. The number of esters is 1. The van der Waals surface area contributed by atoms with E-state index in [4.69, 9.17) is 4.74 Å². The molecule has 0 aliphatic heterocycles. The molecular formula is C15H20N6O3. The number of aromatic nitrogens is 4. The van der Waals surface area contributed by atoms with Gasteiger partial charge in [0.05, 0.1) is 18.5 Å². The number of nitrogens with zero attached hydrogens (tertiary/aromatic N) is 5. The largest absolute Gasteiger partial charge is 0.464 e. The van der Waals surface area contributed by atoms with Crippen molar-refractivity contribution >= 4 is 23.5 Å². The number of carbonyl (C=O) groups excluding carboxylic acids is 2. The molecule has 2 rings (SSSR count). The first kappa shape index (κ1) is 17.4. The summed E-state index contributed by atoms with van der Waals surface area (Å²) in [5.74, 6) is -0.650. The highest BCUT2D eigenvalue weighted by atomic mass is 16.5. The lowest BCUT2D eigenvalue weighted by atomic mass is 10.2. The molecule has 0 atom stereocenters. The molecular weight excluding hydrogens is 312 g/mol. The summed E-state index contributed by atoms with van der Waals surface area (Å²) in [6.45, 7) is 3.52. The van der Waals surface area contributed by atoms with Crippen molar-refractivity contribution in [3.8, 4) is 0 Å². The van der Waals surface area contributed by atoms with Crippen molar-refractivity contribution in [3.63, 3.8) is 0 Å². The Morgan fingerprint density at radius 1 is 1.25 bits per heavy atom. The quantitative estimate of drug-likeness (QED) is 0.831. The van der Waals surface area contributed by atoms with Gasteiger partial charge in [-0.2, -0.15) is 5.10 Å². The molecule has 9 heteroatoms. The highest BCUT2D eigenvalue weighted by molar-refractivity contribution is 6.07. The summed E-state index contributed by atoms with van der Waals surface area (Å²) in [4.78, 5) is 34.6. The van der Waals surface area contributed by atoms with Crippen molar-refractivity contribution in [1.82, 2.24) is 19.7 Å². The SMILES string of the molecule is COC(=O)c1nn(C)c(C)c1NC(=O)c1cc(C)nc(N(C)C)n1. The molecule has 2 heterocycles. The minimum atomic E-state index is -0.623. The molecule has 0 bridgehead atoms. The minimum Gasteiger partial charge on any atom is -0.464 e. The summed E-state index contributed by atoms with van der Waals surface area (Å²) >= 11 is 0. The van der Waals surface area contributed by atoms with Crippen molar-refractivity contribution in [2.24, 2.45) is 7.05 Å². The van der Waals surface area contributed by atoms with Crippen LogP contribution in [0.5, 0.6) is 0 Å². The molecule has 0 radical (unpaired) electrons. The van der Waals surface area contributed by atoms with Gasteiger partial charge in [0.2, 0.25) is 5.95 Å². The summed E-state index contributed by atoms with van der Waals surface area (Å²) in [5, 5.41) is 6.77. The topological polar surface area (TPSA) is 102 Å². The average Bonchev–Trinajstić information content (AvgIpc) is 2.81. The van der Waals surface area contributed by atoms with E-state index in [9.17, 15) is 9.59 Å². The first-order chi connectivity index (χ1) is 11.2. The van der Waals surface area contributed by atoms with Crippen LogP contribution < -0.4 is 10.2 Å². The van der Waals surface area contributed by atoms with Crippen LogP contribution in [0.2, 0.25) is 0 Å². The Hall–Kier alpha value is -2.97. The van der Waals surface area contributed by atoms with E-state index in [2.05, 4.69) is 20.4 Å². The van der Waals surface area contributed by atoms with Crippen molar-refractivity contribution in [2.75, 3.05) is 31.4 Å². The van der Waals surface area contributed by atoms with Gasteiger partial charge < -0.3 is 15.0 Å². The fraction of sp³-hybridized carbons (Fsp3) is 0.400. The van der Waals surface area contributed by atoms with Gasteiger partial charge in [0.25, 0.3) is 5.91 Å². The Morgan fingerprint density at radius 2 is 1.92 bits per heavy atom. The molecule has 0 spiro atoms. The second-order valence-corrected chi connectivity index (χ2v) is 5.47. The number of hydrogen-bond donors (Lipinski definition) is 1. The maximum atomic E-state index is 12.6. The lowest BCUT2D eigenvalue weighted by Crippen LogP contribution is -2.20. The molecule has 24 heavy (non-hydrogen) atoms. The van der Waals surface area contributed by atoms with Crippen LogP contribution in [0, 0.1) is 13.8 Å². The van der Waals surface area contributed by atoms with E-state index in [-0.39, 0.29) is 11.4 Å². The van der Waals surface area contributed by atoms with Crippen LogP contribution in [0.25, 0.3) is 0 Å². The number of hydrogen-bond acceptors (Lipinski definition) is 7. The van der Waals surface area contributed by atoms with Gasteiger partial charge in [-0.15, -0.1) is 0 Å². The van der Waals surface area contributed by atoms with Crippen molar-refractivity contribution < 1.29 is 14.3 Å². The van der Waals surface area contributed by atoms with E-state index in [1.165, 1.54) is 11.8 Å². The zero-order valence-electron chi connectivity index (χ0n) is 14.5. The average molecular weight is 332 g/mol. The van der Waals surface area contributed by atoms with Gasteiger partial charge >= 0.3 is 5.97 Å². The second kappa shape index (κ2) is 6.65. The Morgan fingerprint density at radius 3 is 2.50 bits per heavy atom. The second-order valence-electron chi connectivity index (χ2n) is 5.47. The number of anilines is 2. The smallest absolute Gasteiger partial charge is 0.360 e. The number of methoxy groups -OCH3 is 1. The van der Waals surface area contributed by atoms with Crippen LogP contribution >= 0.6 is 0 Å². The van der Waals surface area contributed by atoms with E-state index < -0.39 is 11.9 Å². The van der Waals surface area contributed by atoms with Gasteiger partial charge in [0.15, 0.2) is 5.69 Å². The molecule has 0 saturated heterocycles. The number of aryl methyl sites for hydroxylation is 2. The fourth-order valence-corrected chi connectivity index (χ4v) is 2.04. The number of ether oxygens (including phenoxy) is 1. The van der Waals surface area contributed by atoms with E-state index in [1.807, 2.05) is 0 Å². The van der Waals surface area contributed by atoms with E-state index in [1.54, 1.807) is 46.0 Å². The first-order valence-electron chi connectivity index (χ1n) is 7.20. The summed E-state index contributed by atoms with van der Waals surface area (Å²) in [5.41, 5.74) is 1.84. The normalized spacial score (nSPS) is 10.4. The predicted octanol–water partition coefficient (Wildman–Crippen LogP) is 0.932. The minimum absolute atomic E-state index is 0.0458. The lowest BCUT2D eigenvalue weighted by molar-refractivity contribution is 0.0594. The van der Waals surface area contributed by atoms with Crippen LogP contribution in [0.3, 0.4) is 0 Å². The molecule has 1 amide bonds. The van der Waals surface area contributed by atoms with Gasteiger partial charge in [-0.05, 0) is 19.9 Å². The number of nitrogens with one attached hydrogen (secondary N) is 1. The van der Waals surface area contributed by atoms with Gasteiger partial charge in [-0.1, -0.05) is 0 Å². The van der Waals surface area contributed by atoms with Crippen molar-refractivity contribution in [1.29, 1.82) is 0 Å². The molecule has 9 nitrogen and oxygen atoms in total. The molecule has 1 N–H and O–H groups in total. The van der Waals surface area contributed by atoms with Crippen LogP contribution in [-0.4, -0.2) is 52.8 Å². The predicted molar refractivity (Wildman–Crippen MR) is 88.3 cm³/mol. The van der Waals surface area contributed by atoms with E-state index in [0.29, 0.717) is 23.0 Å². The van der Waals surface area contributed by atoms with Crippen LogP contribution in [0.1, 0.15) is 32.4 Å². The van der Waals surface area contributed by atoms with Crippen molar-refractivity contribution in [2.45, 2.75) is 13.8 Å². The molecule has 0 fully saturated rings. The molecule has 128 valence electrons. The Kier molecular flexibility index (Phi) is 4.82. The molecule has 2 aromatic heterocycles. The standard InChI is InChI=1S/C15H20N6O3/c1-8-7-10(17-15(16-8)20(3)4)13(22)18-11-9(2)21(5)19-12(11)14(23)24-6/h7H,1-6H3,(H,18,22). The number of carbonyl (C=O) groups is 2. The third kappa shape index (κ3) is 3.34. The molecule has 0 saturated carbocycles. The molecule has 0 aromatic carbocycles. The van der Waals surface area contributed by atoms with Gasteiger partial charge in [0.1, 0.15) is 5.69 Å². The van der Waals surface area contributed by atoms with E-state index in [0.717, 1.165) is 0 Å². The molecule has 2 aromatic rings. The van der Waals surface area contributed by atoms with E-state index >= 15 is 0 Å². The Bertz CT molecular complexity index is 797. The molecule has 0 aliphatic carbocycles. The molecule has 0 aliphatic rings. The third-order valence-electron chi connectivity index (χ3n) is 3.43. The summed E-state index contributed by atoms with van der Waals surface area (Å²) in [6.07, 6.45) is 0. The molecule has 0 unspecified atom stereocenters. The van der Waals surface area contributed by atoms with Crippen molar-refractivity contribution in [3.05, 3.63) is 28.8 Å². The van der Waals surface area contributed by atoms with Gasteiger partial charge in [0, 0.05) is 26.8 Å². The highest BCUT2D eigenvalue weighted by Crippen LogP contribution is 2.21.